The van der Waals surface area contributed by atoms with Crippen molar-refractivity contribution in [1.82, 2.24) is 0 Å². The first-order chi connectivity index (χ1) is 9.99. The van der Waals surface area contributed by atoms with Gasteiger partial charge in [0.15, 0.2) is 0 Å². The molecule has 1 amide bonds. The molecule has 0 radical (unpaired) electrons. The van der Waals surface area contributed by atoms with Crippen molar-refractivity contribution >= 4 is 23.4 Å². The Hall–Kier alpha value is -2.54. The van der Waals surface area contributed by atoms with Crippen LogP contribution in [0.25, 0.3) is 0 Å². The molecule has 0 aliphatic heterocycles. The number of aromatic hydroxyl groups is 1. The molecule has 6 nitrogen and oxygen atoms in total. The zero-order valence-corrected chi connectivity index (χ0v) is 11.7. The molecule has 0 fully saturated rings. The first-order valence-corrected chi connectivity index (χ1v) is 6.95. The number of benzene rings is 2. The van der Waals surface area contributed by atoms with Gasteiger partial charge in [-0.05, 0) is 18.2 Å². The highest BCUT2D eigenvalue weighted by Gasteiger charge is 2.17. The normalized spacial score (nSPS) is 10.3. The number of carbonyl (C=O) groups is 1. The number of nitro benzene ring substituents is 1. The number of rotatable bonds is 5. The van der Waals surface area contributed by atoms with Crippen molar-refractivity contribution in [2.45, 2.75) is 10.6 Å². The van der Waals surface area contributed by atoms with Gasteiger partial charge in [0.2, 0.25) is 5.91 Å². The van der Waals surface area contributed by atoms with E-state index in [0.29, 0.717) is 16.2 Å². The number of para-hydroxylation sites is 1. The Morgan fingerprint density at radius 3 is 2.62 bits per heavy atom. The lowest BCUT2D eigenvalue weighted by Gasteiger charge is -2.06. The van der Waals surface area contributed by atoms with E-state index in [1.54, 1.807) is 24.3 Å². The summed E-state index contributed by atoms with van der Waals surface area (Å²) in [6, 6.07) is 10.9. The van der Waals surface area contributed by atoms with E-state index in [1.165, 1.54) is 30.0 Å². The zero-order chi connectivity index (χ0) is 15.4. The number of thioether (sulfide) groups is 1. The van der Waals surface area contributed by atoms with Gasteiger partial charge in [-0.25, -0.2) is 0 Å². The molecule has 21 heavy (non-hydrogen) atoms. The number of nitro groups is 1. The first kappa shape index (κ1) is 14.9. The standard InChI is InChI=1S/C14H12N2O4S/c15-14(18)9-5-6-10(11(7-9)16(19)20)8-21-13-4-2-1-3-12(13)17/h1-7,17H,8H2,(H2,15,18). The highest BCUT2D eigenvalue weighted by atomic mass is 32.2. The van der Waals surface area contributed by atoms with Crippen molar-refractivity contribution in [2.75, 3.05) is 0 Å². The quantitative estimate of drug-likeness (QED) is 0.502. The van der Waals surface area contributed by atoms with Crippen LogP contribution < -0.4 is 5.73 Å². The van der Waals surface area contributed by atoms with E-state index in [4.69, 9.17) is 5.73 Å². The number of hydrogen-bond acceptors (Lipinski definition) is 5. The van der Waals surface area contributed by atoms with E-state index < -0.39 is 10.8 Å². The first-order valence-electron chi connectivity index (χ1n) is 5.97. The molecule has 0 unspecified atom stereocenters. The van der Waals surface area contributed by atoms with Gasteiger partial charge in [0.1, 0.15) is 5.75 Å². The van der Waals surface area contributed by atoms with Gasteiger partial charge in [-0.2, -0.15) is 0 Å². The minimum absolute atomic E-state index is 0.0954. The lowest BCUT2D eigenvalue weighted by Crippen LogP contribution is -2.11. The predicted octanol–water partition coefficient (Wildman–Crippen LogP) is 2.69. The number of hydrogen-bond donors (Lipinski definition) is 2. The zero-order valence-electron chi connectivity index (χ0n) is 10.9. The maximum Gasteiger partial charge on any atom is 0.274 e. The third-order valence-electron chi connectivity index (χ3n) is 2.81. The largest absolute Gasteiger partial charge is 0.507 e. The van der Waals surface area contributed by atoms with Gasteiger partial charge in [0, 0.05) is 27.8 Å². The SMILES string of the molecule is NC(=O)c1ccc(CSc2ccccc2O)c([N+](=O)[O-])c1. The molecular formula is C14H12N2O4S. The molecule has 0 aromatic heterocycles. The smallest absolute Gasteiger partial charge is 0.274 e. The Morgan fingerprint density at radius 1 is 1.29 bits per heavy atom. The summed E-state index contributed by atoms with van der Waals surface area (Å²) in [5.74, 6) is -0.288. The molecule has 2 aromatic rings. The van der Waals surface area contributed by atoms with Crippen molar-refractivity contribution in [3.63, 3.8) is 0 Å². The van der Waals surface area contributed by atoms with Crippen LogP contribution in [0.3, 0.4) is 0 Å². The number of phenols is 1. The number of carbonyl (C=O) groups excluding carboxylic acids is 1. The molecular weight excluding hydrogens is 292 g/mol. The van der Waals surface area contributed by atoms with Crippen molar-refractivity contribution in [3.05, 3.63) is 63.7 Å². The van der Waals surface area contributed by atoms with Gasteiger partial charge < -0.3 is 10.8 Å². The second-order valence-corrected chi connectivity index (χ2v) is 5.24. The van der Waals surface area contributed by atoms with Crippen LogP contribution in [0.15, 0.2) is 47.4 Å². The Balaban J connectivity index is 2.26. The summed E-state index contributed by atoms with van der Waals surface area (Å²) in [4.78, 5) is 22.2. The third-order valence-corrected chi connectivity index (χ3v) is 3.93. The number of nitrogens with zero attached hydrogens (tertiary/aromatic N) is 1. The van der Waals surface area contributed by atoms with E-state index in [2.05, 4.69) is 0 Å². The lowest BCUT2D eigenvalue weighted by atomic mass is 10.1. The summed E-state index contributed by atoms with van der Waals surface area (Å²) < 4.78 is 0. The van der Waals surface area contributed by atoms with Crippen molar-refractivity contribution in [1.29, 1.82) is 0 Å². The van der Waals surface area contributed by atoms with Crippen LogP contribution in [-0.4, -0.2) is 15.9 Å². The molecule has 0 aliphatic carbocycles. The van der Waals surface area contributed by atoms with Crippen LogP contribution in [0.5, 0.6) is 5.75 Å². The molecule has 0 bridgehead atoms. The monoisotopic (exact) mass is 304 g/mol. The molecule has 0 heterocycles. The van der Waals surface area contributed by atoms with Crippen LogP contribution in [0.4, 0.5) is 5.69 Å². The van der Waals surface area contributed by atoms with E-state index in [1.807, 2.05) is 0 Å². The second kappa shape index (κ2) is 6.27. The molecule has 0 aliphatic rings. The number of nitrogens with two attached hydrogens (primary N) is 1. The van der Waals surface area contributed by atoms with Gasteiger partial charge in [-0.3, -0.25) is 14.9 Å². The molecule has 0 spiro atoms. The van der Waals surface area contributed by atoms with E-state index in [-0.39, 0.29) is 17.0 Å². The van der Waals surface area contributed by atoms with Crippen molar-refractivity contribution in [3.8, 4) is 5.75 Å². The van der Waals surface area contributed by atoms with Crippen LogP contribution in [-0.2, 0) is 5.75 Å². The molecule has 2 aromatic carbocycles. The average Bonchev–Trinajstić information content (AvgIpc) is 2.46. The van der Waals surface area contributed by atoms with Crippen LogP contribution >= 0.6 is 11.8 Å². The Labute approximate surface area is 124 Å². The molecule has 0 saturated heterocycles. The fraction of sp³-hybridized carbons (Fsp3) is 0.0714. The van der Waals surface area contributed by atoms with Crippen LogP contribution in [0.2, 0.25) is 0 Å². The van der Waals surface area contributed by atoms with Gasteiger partial charge >= 0.3 is 0 Å². The van der Waals surface area contributed by atoms with Gasteiger partial charge in [0.25, 0.3) is 5.69 Å². The highest BCUT2D eigenvalue weighted by Crippen LogP contribution is 2.33. The predicted molar refractivity (Wildman–Crippen MR) is 79.3 cm³/mol. The summed E-state index contributed by atoms with van der Waals surface area (Å²) in [5, 5.41) is 20.7. The fourth-order valence-corrected chi connectivity index (χ4v) is 2.69. The third kappa shape index (κ3) is 3.51. The van der Waals surface area contributed by atoms with Crippen molar-refractivity contribution in [2.24, 2.45) is 5.73 Å². The Kier molecular flexibility index (Phi) is 4.44. The van der Waals surface area contributed by atoms with Gasteiger partial charge in [-0.1, -0.05) is 18.2 Å². The maximum atomic E-state index is 11.1. The molecule has 3 N–H and O–H groups in total. The number of phenolic OH excluding ortho intramolecular Hbond substituents is 1. The maximum absolute atomic E-state index is 11.1. The summed E-state index contributed by atoms with van der Waals surface area (Å²) in [6.07, 6.45) is 0. The Morgan fingerprint density at radius 2 is 2.00 bits per heavy atom. The van der Waals surface area contributed by atoms with Crippen LogP contribution in [0, 0.1) is 10.1 Å². The second-order valence-electron chi connectivity index (χ2n) is 4.22. The molecule has 0 saturated carbocycles. The number of amides is 1. The number of primary amides is 1. The lowest BCUT2D eigenvalue weighted by molar-refractivity contribution is -0.385. The van der Waals surface area contributed by atoms with E-state index in [0.717, 1.165) is 0 Å². The molecule has 0 atom stereocenters. The minimum Gasteiger partial charge on any atom is -0.507 e. The van der Waals surface area contributed by atoms with E-state index >= 15 is 0 Å². The highest BCUT2D eigenvalue weighted by molar-refractivity contribution is 7.98. The fourth-order valence-electron chi connectivity index (χ4n) is 1.74. The van der Waals surface area contributed by atoms with Gasteiger partial charge in [0.05, 0.1) is 4.92 Å². The summed E-state index contributed by atoms with van der Waals surface area (Å²) in [5.41, 5.74) is 5.51. The molecule has 7 heteroatoms. The molecule has 2 rings (SSSR count). The van der Waals surface area contributed by atoms with Gasteiger partial charge in [-0.15, -0.1) is 11.8 Å². The molecule has 108 valence electrons. The minimum atomic E-state index is -0.710. The average molecular weight is 304 g/mol. The van der Waals surface area contributed by atoms with Crippen LogP contribution in [0.1, 0.15) is 15.9 Å². The van der Waals surface area contributed by atoms with Crippen molar-refractivity contribution < 1.29 is 14.8 Å². The Bertz CT molecular complexity index is 703. The van der Waals surface area contributed by atoms with E-state index in [9.17, 15) is 20.0 Å². The summed E-state index contributed by atoms with van der Waals surface area (Å²) in [7, 11) is 0. The summed E-state index contributed by atoms with van der Waals surface area (Å²) >= 11 is 1.28. The topological polar surface area (TPSA) is 106 Å². The summed E-state index contributed by atoms with van der Waals surface area (Å²) in [6.45, 7) is 0.